The lowest BCUT2D eigenvalue weighted by Gasteiger charge is -2.03. The van der Waals surface area contributed by atoms with Gasteiger partial charge in [-0.25, -0.2) is 0 Å². The molecule has 0 rings (SSSR count). The van der Waals surface area contributed by atoms with Gasteiger partial charge >= 0.3 is 11.1 Å². The summed E-state index contributed by atoms with van der Waals surface area (Å²) in [6.45, 7) is 0. The van der Waals surface area contributed by atoms with E-state index in [1.165, 1.54) is 14.1 Å². The Labute approximate surface area is 52.2 Å². The van der Waals surface area contributed by atoms with E-state index in [0.29, 0.717) is 0 Å². The Hall–Kier alpha value is -0.570. The average molecular weight is 136 g/mol. The summed E-state index contributed by atoms with van der Waals surface area (Å²) in [5.41, 5.74) is 0. The summed E-state index contributed by atoms with van der Waals surface area (Å²) in [4.78, 5) is 21.4. The highest BCUT2D eigenvalue weighted by Crippen LogP contribution is 1.84. The molecule has 0 unspecified atom stereocenters. The van der Waals surface area contributed by atoms with Crippen LogP contribution in [0.1, 0.15) is 0 Å². The number of hydrogen-bond donors (Lipinski definition) is 0. The van der Waals surface area contributed by atoms with Crippen LogP contribution in [-0.2, 0) is 9.59 Å². The van der Waals surface area contributed by atoms with Gasteiger partial charge in [0, 0.05) is 14.1 Å². The summed E-state index contributed by atoms with van der Waals surface area (Å²) in [5.74, 6) is -0.688. The standard InChI is InChI=1S/C4H6ClNO2/c1-6(2)4(8)3(5)7/h1-2H3. The molecule has 0 saturated heterocycles. The molecule has 0 saturated carbocycles. The first kappa shape index (κ1) is 7.43. The van der Waals surface area contributed by atoms with E-state index in [2.05, 4.69) is 0 Å². The number of rotatable bonds is 1. The van der Waals surface area contributed by atoms with E-state index in [9.17, 15) is 9.59 Å². The first-order valence-corrected chi connectivity index (χ1v) is 2.34. The summed E-state index contributed by atoms with van der Waals surface area (Å²) in [6, 6.07) is 0. The van der Waals surface area contributed by atoms with Crippen molar-refractivity contribution in [1.82, 2.24) is 4.90 Å². The van der Waals surface area contributed by atoms with Gasteiger partial charge in [-0.15, -0.1) is 0 Å². The van der Waals surface area contributed by atoms with E-state index in [1.807, 2.05) is 0 Å². The molecule has 0 radical (unpaired) electrons. The van der Waals surface area contributed by atoms with Crippen LogP contribution in [0, 0.1) is 0 Å². The third-order valence-corrected chi connectivity index (χ3v) is 0.736. The highest BCUT2D eigenvalue weighted by molar-refractivity contribution is 6.80. The summed E-state index contributed by atoms with van der Waals surface area (Å²) in [5, 5.41) is -0.949. The number of amides is 1. The normalized spacial score (nSPS) is 8.38. The Kier molecular flexibility index (Phi) is 2.48. The Balaban J connectivity index is 3.84. The van der Waals surface area contributed by atoms with Crippen LogP contribution >= 0.6 is 11.6 Å². The molecule has 0 aromatic heterocycles. The first-order chi connectivity index (χ1) is 3.55. The van der Waals surface area contributed by atoms with Gasteiger partial charge in [-0.05, 0) is 11.6 Å². The van der Waals surface area contributed by atoms with E-state index < -0.39 is 11.1 Å². The van der Waals surface area contributed by atoms with Crippen LogP contribution in [0.15, 0.2) is 0 Å². The van der Waals surface area contributed by atoms with Gasteiger partial charge in [-0.2, -0.15) is 0 Å². The Bertz CT molecular complexity index is 121. The molecule has 4 heteroatoms. The third-order valence-electron chi connectivity index (χ3n) is 0.574. The molecule has 0 aromatic rings. The maximum atomic E-state index is 10.3. The molecule has 0 spiro atoms. The van der Waals surface area contributed by atoms with Gasteiger partial charge in [-0.1, -0.05) is 0 Å². The van der Waals surface area contributed by atoms with Gasteiger partial charge < -0.3 is 4.90 Å². The minimum absolute atomic E-state index is 0.688. The van der Waals surface area contributed by atoms with Crippen molar-refractivity contribution in [2.75, 3.05) is 14.1 Å². The van der Waals surface area contributed by atoms with Crippen LogP contribution in [0.3, 0.4) is 0 Å². The lowest BCUT2D eigenvalue weighted by Crippen LogP contribution is -2.26. The number of likely N-dealkylation sites (N-methyl/N-ethyl adjacent to an activating group) is 1. The fraction of sp³-hybridized carbons (Fsp3) is 0.500. The predicted octanol–water partition coefficient (Wildman–Crippen LogP) is -0.160. The van der Waals surface area contributed by atoms with E-state index >= 15 is 0 Å². The number of carbonyl (C=O) groups is 2. The molecule has 0 atom stereocenters. The Morgan fingerprint density at radius 2 is 1.75 bits per heavy atom. The zero-order valence-electron chi connectivity index (χ0n) is 4.64. The van der Waals surface area contributed by atoms with Crippen LogP contribution < -0.4 is 0 Å². The molecule has 0 N–H and O–H groups in total. The van der Waals surface area contributed by atoms with E-state index in [1.54, 1.807) is 0 Å². The highest BCUT2D eigenvalue weighted by Gasteiger charge is 2.10. The van der Waals surface area contributed by atoms with Crippen molar-refractivity contribution in [2.24, 2.45) is 0 Å². The first-order valence-electron chi connectivity index (χ1n) is 1.97. The van der Waals surface area contributed by atoms with Gasteiger partial charge in [0.1, 0.15) is 0 Å². The molecule has 0 bridgehead atoms. The minimum Gasteiger partial charge on any atom is -0.341 e. The van der Waals surface area contributed by atoms with Crippen molar-refractivity contribution in [2.45, 2.75) is 0 Å². The van der Waals surface area contributed by atoms with Crippen LogP contribution in [0.2, 0.25) is 0 Å². The zero-order chi connectivity index (χ0) is 6.73. The number of nitrogens with zero attached hydrogens (tertiary/aromatic N) is 1. The van der Waals surface area contributed by atoms with Crippen molar-refractivity contribution in [3.8, 4) is 0 Å². The van der Waals surface area contributed by atoms with Gasteiger partial charge in [0.25, 0.3) is 0 Å². The van der Waals surface area contributed by atoms with E-state index in [-0.39, 0.29) is 0 Å². The molecule has 3 nitrogen and oxygen atoms in total. The number of halogens is 1. The lowest BCUT2D eigenvalue weighted by atomic mass is 10.6. The van der Waals surface area contributed by atoms with Crippen molar-refractivity contribution in [3.05, 3.63) is 0 Å². The van der Waals surface area contributed by atoms with Gasteiger partial charge in [0.2, 0.25) is 0 Å². The summed E-state index contributed by atoms with van der Waals surface area (Å²) in [6.07, 6.45) is 0. The van der Waals surface area contributed by atoms with Gasteiger partial charge in [0.15, 0.2) is 0 Å². The SMILES string of the molecule is CN(C)C(=O)C(=O)Cl. The highest BCUT2D eigenvalue weighted by atomic mass is 35.5. The fourth-order valence-corrected chi connectivity index (χ4v) is 0.345. The average Bonchev–Trinajstić information content (AvgIpc) is 1.64. The second kappa shape index (κ2) is 2.67. The van der Waals surface area contributed by atoms with Gasteiger partial charge in [0.05, 0.1) is 0 Å². The molecule has 1 amide bonds. The predicted molar refractivity (Wildman–Crippen MR) is 29.6 cm³/mol. The molecule has 46 valence electrons. The van der Waals surface area contributed by atoms with Crippen molar-refractivity contribution >= 4 is 22.8 Å². The lowest BCUT2D eigenvalue weighted by molar-refractivity contribution is -0.138. The molecule has 0 fully saturated rings. The molecule has 0 aliphatic heterocycles. The molecule has 0 aliphatic carbocycles. The maximum absolute atomic E-state index is 10.3. The number of carbonyl (C=O) groups excluding carboxylic acids is 2. The summed E-state index contributed by atoms with van der Waals surface area (Å²) < 4.78 is 0. The van der Waals surface area contributed by atoms with Crippen molar-refractivity contribution in [1.29, 1.82) is 0 Å². The van der Waals surface area contributed by atoms with Crippen molar-refractivity contribution < 1.29 is 9.59 Å². The van der Waals surface area contributed by atoms with Crippen molar-refractivity contribution in [3.63, 3.8) is 0 Å². The zero-order valence-corrected chi connectivity index (χ0v) is 5.40. The Morgan fingerprint density at radius 1 is 1.38 bits per heavy atom. The quantitative estimate of drug-likeness (QED) is 0.370. The molecule has 0 aromatic carbocycles. The Morgan fingerprint density at radius 3 is 1.75 bits per heavy atom. The largest absolute Gasteiger partial charge is 0.341 e. The van der Waals surface area contributed by atoms with Crippen LogP contribution in [0.5, 0.6) is 0 Å². The smallest absolute Gasteiger partial charge is 0.310 e. The summed E-state index contributed by atoms with van der Waals surface area (Å²) >= 11 is 4.79. The fourth-order valence-electron chi connectivity index (χ4n) is 0.176. The molecule has 8 heavy (non-hydrogen) atoms. The number of hydrogen-bond acceptors (Lipinski definition) is 2. The maximum Gasteiger partial charge on any atom is 0.310 e. The van der Waals surface area contributed by atoms with Crippen LogP contribution in [0.4, 0.5) is 0 Å². The minimum atomic E-state index is -0.949. The monoisotopic (exact) mass is 135 g/mol. The van der Waals surface area contributed by atoms with E-state index in [4.69, 9.17) is 11.6 Å². The topological polar surface area (TPSA) is 37.4 Å². The molecular formula is C4H6ClNO2. The second-order valence-electron chi connectivity index (χ2n) is 1.47. The molecule has 0 heterocycles. The molecular weight excluding hydrogens is 130 g/mol. The molecule has 0 aliphatic rings. The second-order valence-corrected chi connectivity index (χ2v) is 1.82. The third kappa shape index (κ3) is 1.93. The van der Waals surface area contributed by atoms with Crippen LogP contribution in [0.25, 0.3) is 0 Å². The summed E-state index contributed by atoms with van der Waals surface area (Å²) in [7, 11) is 2.92. The van der Waals surface area contributed by atoms with E-state index in [0.717, 1.165) is 4.90 Å². The van der Waals surface area contributed by atoms with Gasteiger partial charge in [-0.3, -0.25) is 9.59 Å². The van der Waals surface area contributed by atoms with Crippen LogP contribution in [-0.4, -0.2) is 30.1 Å².